The first kappa shape index (κ1) is 12.8. The molecule has 0 spiro atoms. The normalized spacial score (nSPS) is 19.5. The van der Waals surface area contributed by atoms with Gasteiger partial charge in [0, 0.05) is 5.69 Å². The van der Waals surface area contributed by atoms with Crippen molar-refractivity contribution in [2.24, 2.45) is 0 Å². The summed E-state index contributed by atoms with van der Waals surface area (Å²) in [7, 11) is 0. The lowest BCUT2D eigenvalue weighted by molar-refractivity contribution is -0.0941. The SMILES string of the molecule is BrCc1nnc(C2COCCO2)n1-c1ccccc1. The van der Waals surface area contributed by atoms with Crippen molar-refractivity contribution in [1.29, 1.82) is 0 Å². The fourth-order valence-electron chi connectivity index (χ4n) is 2.12. The molecular weight excluding hydrogens is 310 g/mol. The molecule has 0 bridgehead atoms. The second-order valence-electron chi connectivity index (χ2n) is 4.21. The van der Waals surface area contributed by atoms with Crippen LogP contribution < -0.4 is 0 Å². The van der Waals surface area contributed by atoms with Crippen LogP contribution in [0.4, 0.5) is 0 Å². The van der Waals surface area contributed by atoms with E-state index in [2.05, 4.69) is 26.1 Å². The number of aromatic nitrogens is 3. The van der Waals surface area contributed by atoms with Gasteiger partial charge in [-0.1, -0.05) is 34.1 Å². The van der Waals surface area contributed by atoms with Crippen LogP contribution in [0, 0.1) is 0 Å². The number of rotatable bonds is 3. The summed E-state index contributed by atoms with van der Waals surface area (Å²) < 4.78 is 13.2. The monoisotopic (exact) mass is 323 g/mol. The zero-order chi connectivity index (χ0) is 13.1. The highest BCUT2D eigenvalue weighted by atomic mass is 79.9. The Kier molecular flexibility index (Phi) is 3.91. The predicted octanol–water partition coefficient (Wildman–Crippen LogP) is 2.25. The summed E-state index contributed by atoms with van der Waals surface area (Å²) in [6.07, 6.45) is -0.158. The van der Waals surface area contributed by atoms with Crippen LogP contribution in [0.1, 0.15) is 17.8 Å². The number of hydrogen-bond donors (Lipinski definition) is 0. The molecule has 1 aromatic heterocycles. The van der Waals surface area contributed by atoms with Gasteiger partial charge in [0.05, 0.1) is 25.2 Å². The summed E-state index contributed by atoms with van der Waals surface area (Å²) in [4.78, 5) is 0. The van der Waals surface area contributed by atoms with E-state index in [1.807, 2.05) is 34.9 Å². The molecule has 1 fully saturated rings. The fourth-order valence-corrected chi connectivity index (χ4v) is 2.48. The smallest absolute Gasteiger partial charge is 0.169 e. The molecule has 19 heavy (non-hydrogen) atoms. The maximum Gasteiger partial charge on any atom is 0.169 e. The Labute approximate surface area is 119 Å². The Hall–Kier alpha value is -1.24. The standard InChI is InChI=1S/C13H14BrN3O2/c14-8-12-15-16-13(11-9-18-6-7-19-11)17(12)10-4-2-1-3-5-10/h1-5,11H,6-9H2. The van der Waals surface area contributed by atoms with Crippen LogP contribution in [0.5, 0.6) is 0 Å². The number of para-hydroxylation sites is 1. The number of alkyl halides is 1. The Balaban J connectivity index is 2.03. The minimum absolute atomic E-state index is 0.158. The lowest BCUT2D eigenvalue weighted by Crippen LogP contribution is -2.24. The minimum atomic E-state index is -0.158. The van der Waals surface area contributed by atoms with Crippen molar-refractivity contribution >= 4 is 15.9 Å². The van der Waals surface area contributed by atoms with Gasteiger partial charge in [-0.2, -0.15) is 0 Å². The molecule has 2 heterocycles. The summed E-state index contributed by atoms with van der Waals surface area (Å²) in [5.41, 5.74) is 1.03. The van der Waals surface area contributed by atoms with E-state index < -0.39 is 0 Å². The molecule has 0 aliphatic carbocycles. The van der Waals surface area contributed by atoms with Crippen molar-refractivity contribution in [2.75, 3.05) is 19.8 Å². The van der Waals surface area contributed by atoms with E-state index in [0.29, 0.717) is 25.2 Å². The molecule has 3 rings (SSSR count). The average molecular weight is 324 g/mol. The molecule has 0 saturated carbocycles. The molecule has 100 valence electrons. The first-order chi connectivity index (χ1) is 9.40. The van der Waals surface area contributed by atoms with Gasteiger partial charge in [-0.25, -0.2) is 0 Å². The molecule has 1 aliphatic rings. The second kappa shape index (κ2) is 5.81. The molecule has 0 radical (unpaired) electrons. The van der Waals surface area contributed by atoms with E-state index >= 15 is 0 Å². The first-order valence-corrected chi connectivity index (χ1v) is 7.27. The Bertz CT molecular complexity index is 538. The molecule has 6 heteroatoms. The van der Waals surface area contributed by atoms with Crippen LogP contribution in [0.2, 0.25) is 0 Å². The van der Waals surface area contributed by atoms with Crippen LogP contribution in [0.15, 0.2) is 30.3 Å². The highest BCUT2D eigenvalue weighted by Crippen LogP contribution is 2.24. The molecular formula is C13H14BrN3O2. The van der Waals surface area contributed by atoms with E-state index in [-0.39, 0.29) is 6.10 Å². The third kappa shape index (κ3) is 2.56. The van der Waals surface area contributed by atoms with Crippen LogP contribution >= 0.6 is 15.9 Å². The Morgan fingerprint density at radius 2 is 2.05 bits per heavy atom. The molecule has 2 aromatic rings. The third-order valence-corrected chi connectivity index (χ3v) is 3.49. The quantitative estimate of drug-likeness (QED) is 0.813. The van der Waals surface area contributed by atoms with E-state index in [0.717, 1.165) is 17.3 Å². The number of nitrogens with zero attached hydrogens (tertiary/aromatic N) is 3. The fraction of sp³-hybridized carbons (Fsp3) is 0.385. The Morgan fingerprint density at radius 1 is 1.21 bits per heavy atom. The summed E-state index contributed by atoms with van der Waals surface area (Å²) in [6.45, 7) is 1.75. The van der Waals surface area contributed by atoms with Gasteiger partial charge in [0.2, 0.25) is 0 Å². The number of benzene rings is 1. The number of halogens is 1. The lowest BCUT2D eigenvalue weighted by Gasteiger charge is -2.23. The molecule has 0 N–H and O–H groups in total. The number of hydrogen-bond acceptors (Lipinski definition) is 4. The minimum Gasteiger partial charge on any atom is -0.376 e. The average Bonchev–Trinajstić information content (AvgIpc) is 2.93. The summed E-state index contributed by atoms with van der Waals surface area (Å²) >= 11 is 3.45. The first-order valence-electron chi connectivity index (χ1n) is 6.15. The van der Waals surface area contributed by atoms with Crippen LogP contribution in [0.3, 0.4) is 0 Å². The van der Waals surface area contributed by atoms with Crippen molar-refractivity contribution in [3.05, 3.63) is 42.0 Å². The van der Waals surface area contributed by atoms with Crippen molar-refractivity contribution < 1.29 is 9.47 Å². The highest BCUT2D eigenvalue weighted by molar-refractivity contribution is 9.08. The Morgan fingerprint density at radius 3 is 2.74 bits per heavy atom. The van der Waals surface area contributed by atoms with Gasteiger partial charge in [0.1, 0.15) is 11.9 Å². The molecule has 1 aromatic carbocycles. The van der Waals surface area contributed by atoms with Gasteiger partial charge in [-0.15, -0.1) is 10.2 Å². The van der Waals surface area contributed by atoms with E-state index in [1.165, 1.54) is 0 Å². The molecule has 1 atom stereocenters. The summed E-state index contributed by atoms with van der Waals surface area (Å²) in [5.74, 6) is 1.65. The molecule has 1 aliphatic heterocycles. The van der Waals surface area contributed by atoms with Crippen LogP contribution in [-0.2, 0) is 14.8 Å². The highest BCUT2D eigenvalue weighted by Gasteiger charge is 2.25. The van der Waals surface area contributed by atoms with E-state index in [4.69, 9.17) is 9.47 Å². The van der Waals surface area contributed by atoms with Gasteiger partial charge in [0.15, 0.2) is 5.82 Å². The number of ether oxygens (including phenoxy) is 2. The maximum absolute atomic E-state index is 5.72. The van der Waals surface area contributed by atoms with Crippen molar-refractivity contribution in [3.63, 3.8) is 0 Å². The zero-order valence-corrected chi connectivity index (χ0v) is 11.9. The second-order valence-corrected chi connectivity index (χ2v) is 4.77. The van der Waals surface area contributed by atoms with Crippen molar-refractivity contribution in [2.45, 2.75) is 11.4 Å². The maximum atomic E-state index is 5.72. The van der Waals surface area contributed by atoms with Gasteiger partial charge >= 0.3 is 0 Å². The van der Waals surface area contributed by atoms with E-state index in [1.54, 1.807) is 0 Å². The van der Waals surface area contributed by atoms with E-state index in [9.17, 15) is 0 Å². The van der Waals surface area contributed by atoms with Crippen LogP contribution in [-0.4, -0.2) is 34.6 Å². The lowest BCUT2D eigenvalue weighted by atomic mass is 10.2. The van der Waals surface area contributed by atoms with Gasteiger partial charge in [-0.05, 0) is 12.1 Å². The van der Waals surface area contributed by atoms with Crippen molar-refractivity contribution in [1.82, 2.24) is 14.8 Å². The zero-order valence-electron chi connectivity index (χ0n) is 10.3. The topological polar surface area (TPSA) is 49.2 Å². The predicted molar refractivity (Wildman–Crippen MR) is 73.5 cm³/mol. The molecule has 1 saturated heterocycles. The summed E-state index contributed by atoms with van der Waals surface area (Å²) in [6, 6.07) is 10.0. The third-order valence-electron chi connectivity index (χ3n) is 2.99. The largest absolute Gasteiger partial charge is 0.376 e. The van der Waals surface area contributed by atoms with Gasteiger partial charge < -0.3 is 9.47 Å². The van der Waals surface area contributed by atoms with Gasteiger partial charge in [-0.3, -0.25) is 4.57 Å². The van der Waals surface area contributed by atoms with Gasteiger partial charge in [0.25, 0.3) is 0 Å². The van der Waals surface area contributed by atoms with Crippen LogP contribution in [0.25, 0.3) is 5.69 Å². The molecule has 0 amide bonds. The van der Waals surface area contributed by atoms with Crippen molar-refractivity contribution in [3.8, 4) is 5.69 Å². The molecule has 1 unspecified atom stereocenters. The summed E-state index contributed by atoms with van der Waals surface area (Å²) in [5, 5.41) is 9.12. The molecule has 5 nitrogen and oxygen atoms in total.